The number of unbranched alkanes of at least 4 members (excludes halogenated alkanes) is 30. The molecule has 0 aliphatic rings. The molecular weight excluding hydrogens is 767 g/mol. The van der Waals surface area contributed by atoms with Gasteiger partial charge in [0.2, 0.25) is 0 Å². The first-order valence-corrected chi connectivity index (χ1v) is 27.9. The molecule has 62 heavy (non-hydrogen) atoms. The summed E-state index contributed by atoms with van der Waals surface area (Å²) in [4.78, 5) is 34.2. The van der Waals surface area contributed by atoms with Crippen molar-refractivity contribution in [2.45, 2.75) is 285 Å². The fraction of sp³-hybridized carbons (Fsp3) is 0.964. The molecule has 0 aliphatic carbocycles. The van der Waals surface area contributed by atoms with Crippen LogP contribution in [-0.4, -0.2) is 97.7 Å². The molecule has 7 nitrogen and oxygen atoms in total. The average Bonchev–Trinajstić information content (AvgIpc) is 3.25. The Bertz CT molecular complexity index is 898. The fourth-order valence-electron chi connectivity index (χ4n) is 8.67. The maximum atomic E-state index is 13.6. The highest BCUT2D eigenvalue weighted by molar-refractivity contribution is 5.73. The van der Waals surface area contributed by atoms with Gasteiger partial charge < -0.3 is 14.4 Å². The topological polar surface area (TPSA) is 62.3 Å². The molecule has 0 spiro atoms. The number of ether oxygens (including phenoxy) is 2. The lowest BCUT2D eigenvalue weighted by Gasteiger charge is -2.28. The number of carbonyl (C=O) groups excluding carboxylic acids is 2. The van der Waals surface area contributed by atoms with E-state index in [0.29, 0.717) is 13.1 Å². The van der Waals surface area contributed by atoms with Crippen molar-refractivity contribution >= 4 is 11.9 Å². The molecule has 2 atom stereocenters. The molecule has 0 aliphatic heterocycles. The quantitative estimate of drug-likeness (QED) is 0.0445. The van der Waals surface area contributed by atoms with Crippen LogP contribution in [0.4, 0.5) is 0 Å². The van der Waals surface area contributed by atoms with Crippen molar-refractivity contribution in [2.75, 3.05) is 58.9 Å². The van der Waals surface area contributed by atoms with Crippen molar-refractivity contribution in [3.05, 3.63) is 0 Å². The SMILES string of the molecule is CCCCCCCCCN(CCCCCCCCC)CCN(CCCCCCCCC)CC(=O)OC(C)C(C)OC(=O)CN(CCCCCCCCC)CCCCCCCCC. The van der Waals surface area contributed by atoms with Crippen LogP contribution in [0.15, 0.2) is 0 Å². The molecule has 7 heteroatoms. The molecule has 0 N–H and O–H groups in total. The van der Waals surface area contributed by atoms with Crippen molar-refractivity contribution in [1.82, 2.24) is 14.7 Å². The van der Waals surface area contributed by atoms with Crippen LogP contribution in [0.1, 0.15) is 273 Å². The Balaban J connectivity index is 5.31. The van der Waals surface area contributed by atoms with E-state index in [9.17, 15) is 9.59 Å². The standard InChI is InChI=1S/C55H111N3O4/c1-8-13-18-23-28-33-38-43-56(44-39-34-29-24-19-14-9-2)48-49-58(47-42-37-32-27-22-17-12-5)51-55(60)62-53(7)52(6)61-54(59)50-57(45-40-35-30-25-20-15-10-3)46-41-36-31-26-21-16-11-4/h52-53H,8-51H2,1-7H3. The molecule has 0 aromatic carbocycles. The fourth-order valence-corrected chi connectivity index (χ4v) is 8.67. The number of nitrogens with zero attached hydrogens (tertiary/aromatic N) is 3. The Morgan fingerprint density at radius 1 is 0.290 bits per heavy atom. The van der Waals surface area contributed by atoms with Gasteiger partial charge >= 0.3 is 11.9 Å². The third-order valence-corrected chi connectivity index (χ3v) is 13.1. The van der Waals surface area contributed by atoms with Gasteiger partial charge in [-0.15, -0.1) is 0 Å². The first-order valence-electron chi connectivity index (χ1n) is 27.9. The summed E-state index contributed by atoms with van der Waals surface area (Å²) < 4.78 is 12.0. The number of hydrogen-bond donors (Lipinski definition) is 0. The van der Waals surface area contributed by atoms with E-state index in [2.05, 4.69) is 49.3 Å². The third-order valence-electron chi connectivity index (χ3n) is 13.1. The summed E-state index contributed by atoms with van der Waals surface area (Å²) in [5.41, 5.74) is 0. The minimum atomic E-state index is -0.488. The van der Waals surface area contributed by atoms with E-state index >= 15 is 0 Å². The summed E-state index contributed by atoms with van der Waals surface area (Å²) in [6.07, 6.45) is 44.4. The summed E-state index contributed by atoms with van der Waals surface area (Å²) in [5.74, 6) is -0.401. The van der Waals surface area contributed by atoms with Crippen LogP contribution < -0.4 is 0 Å². The largest absolute Gasteiger partial charge is 0.458 e. The summed E-state index contributed by atoms with van der Waals surface area (Å²) in [5, 5.41) is 0. The van der Waals surface area contributed by atoms with E-state index < -0.39 is 12.2 Å². The summed E-state index contributed by atoms with van der Waals surface area (Å²) in [6, 6.07) is 0. The van der Waals surface area contributed by atoms with Crippen LogP contribution in [0.2, 0.25) is 0 Å². The molecular formula is C55H111N3O4. The highest BCUT2D eigenvalue weighted by Gasteiger charge is 2.23. The molecule has 0 rings (SSSR count). The van der Waals surface area contributed by atoms with Gasteiger partial charge in [0, 0.05) is 13.1 Å². The van der Waals surface area contributed by atoms with Gasteiger partial charge in [0.25, 0.3) is 0 Å². The lowest BCUT2D eigenvalue weighted by Crippen LogP contribution is -2.41. The third kappa shape index (κ3) is 41.5. The Hall–Kier alpha value is -1.18. The normalized spacial score (nSPS) is 12.8. The first-order chi connectivity index (χ1) is 30.3. The van der Waals surface area contributed by atoms with Crippen LogP contribution in [0.25, 0.3) is 0 Å². The van der Waals surface area contributed by atoms with Gasteiger partial charge in [0.1, 0.15) is 12.2 Å². The second-order valence-electron chi connectivity index (χ2n) is 19.4. The Morgan fingerprint density at radius 2 is 0.484 bits per heavy atom. The van der Waals surface area contributed by atoms with E-state index in [1.807, 2.05) is 13.8 Å². The predicted molar refractivity (Wildman–Crippen MR) is 270 cm³/mol. The van der Waals surface area contributed by atoms with Crippen LogP contribution in [0.5, 0.6) is 0 Å². The van der Waals surface area contributed by atoms with E-state index in [1.54, 1.807) is 0 Å². The Kier molecular flexibility index (Phi) is 46.9. The second kappa shape index (κ2) is 47.8. The number of esters is 2. The minimum Gasteiger partial charge on any atom is -0.458 e. The predicted octanol–water partition coefficient (Wildman–Crippen LogP) is 15.5. The smallest absolute Gasteiger partial charge is 0.320 e. The number of rotatable bonds is 50. The first kappa shape index (κ1) is 60.8. The van der Waals surface area contributed by atoms with Gasteiger partial charge in [0.15, 0.2) is 0 Å². The van der Waals surface area contributed by atoms with Crippen LogP contribution in [0, 0.1) is 0 Å². The van der Waals surface area contributed by atoms with Gasteiger partial charge in [-0.05, 0) is 78.7 Å². The van der Waals surface area contributed by atoms with E-state index in [-0.39, 0.29) is 11.9 Å². The molecule has 2 unspecified atom stereocenters. The average molecular weight is 879 g/mol. The van der Waals surface area contributed by atoms with Crippen molar-refractivity contribution < 1.29 is 19.1 Å². The molecule has 0 fully saturated rings. The molecule has 0 bridgehead atoms. The zero-order valence-electron chi connectivity index (χ0n) is 43.2. The monoisotopic (exact) mass is 878 g/mol. The van der Waals surface area contributed by atoms with E-state index in [1.165, 1.54) is 205 Å². The van der Waals surface area contributed by atoms with Crippen LogP contribution in [0.3, 0.4) is 0 Å². The summed E-state index contributed by atoms with van der Waals surface area (Å²) in [6.45, 7) is 22.8. The van der Waals surface area contributed by atoms with Crippen molar-refractivity contribution in [3.63, 3.8) is 0 Å². The second-order valence-corrected chi connectivity index (χ2v) is 19.4. The van der Waals surface area contributed by atoms with Gasteiger partial charge in [-0.2, -0.15) is 0 Å². The maximum Gasteiger partial charge on any atom is 0.320 e. The number of carbonyl (C=O) groups is 2. The minimum absolute atomic E-state index is 0.200. The van der Waals surface area contributed by atoms with Crippen molar-refractivity contribution in [3.8, 4) is 0 Å². The van der Waals surface area contributed by atoms with Gasteiger partial charge in [-0.3, -0.25) is 19.4 Å². The van der Waals surface area contributed by atoms with Gasteiger partial charge in [0.05, 0.1) is 13.1 Å². The summed E-state index contributed by atoms with van der Waals surface area (Å²) >= 11 is 0. The molecule has 0 aromatic rings. The molecule has 0 amide bonds. The Labute approximate surface area is 388 Å². The van der Waals surface area contributed by atoms with E-state index in [4.69, 9.17) is 9.47 Å². The van der Waals surface area contributed by atoms with E-state index in [0.717, 1.165) is 65.1 Å². The zero-order chi connectivity index (χ0) is 45.6. The van der Waals surface area contributed by atoms with Gasteiger partial charge in [-0.1, -0.05) is 227 Å². The molecule has 370 valence electrons. The van der Waals surface area contributed by atoms with Crippen LogP contribution >= 0.6 is 0 Å². The molecule has 0 aromatic heterocycles. The molecule has 0 heterocycles. The summed E-state index contributed by atoms with van der Waals surface area (Å²) in [7, 11) is 0. The highest BCUT2D eigenvalue weighted by atomic mass is 16.6. The lowest BCUT2D eigenvalue weighted by molar-refractivity contribution is -0.166. The van der Waals surface area contributed by atoms with Gasteiger partial charge in [-0.25, -0.2) is 0 Å². The maximum absolute atomic E-state index is 13.6. The van der Waals surface area contributed by atoms with Crippen molar-refractivity contribution in [1.29, 1.82) is 0 Å². The van der Waals surface area contributed by atoms with Crippen molar-refractivity contribution in [2.24, 2.45) is 0 Å². The van der Waals surface area contributed by atoms with Crippen LogP contribution in [-0.2, 0) is 19.1 Å². The zero-order valence-corrected chi connectivity index (χ0v) is 43.2. The molecule has 0 radical (unpaired) electrons. The number of hydrogen-bond acceptors (Lipinski definition) is 7. The molecule has 0 saturated carbocycles. The lowest BCUT2D eigenvalue weighted by atomic mass is 10.1. The molecule has 0 saturated heterocycles. The highest BCUT2D eigenvalue weighted by Crippen LogP contribution is 2.15. The Morgan fingerprint density at radius 3 is 0.742 bits per heavy atom.